The van der Waals surface area contributed by atoms with Crippen LogP contribution in [0.25, 0.3) is 10.8 Å². The van der Waals surface area contributed by atoms with E-state index in [1.807, 2.05) is 23.6 Å². The van der Waals surface area contributed by atoms with Crippen molar-refractivity contribution in [3.05, 3.63) is 70.8 Å². The van der Waals surface area contributed by atoms with E-state index in [4.69, 9.17) is 5.84 Å². The minimum absolute atomic E-state index is 0.0212. The molecule has 3 aromatic rings. The summed E-state index contributed by atoms with van der Waals surface area (Å²) in [4.78, 5) is 26.1. The maximum absolute atomic E-state index is 11.9. The Morgan fingerprint density at radius 1 is 1.00 bits per heavy atom. The predicted octanol–water partition coefficient (Wildman–Crippen LogP) is 3.20. The lowest BCUT2D eigenvalue weighted by molar-refractivity contribution is 0.0693. The van der Waals surface area contributed by atoms with Crippen LogP contribution in [0.15, 0.2) is 58.3 Å². The second kappa shape index (κ2) is 5.91. The summed E-state index contributed by atoms with van der Waals surface area (Å²) in [6.07, 6.45) is 0.733. The molecule has 0 fully saturated rings. The number of rotatable bonds is 2. The molecule has 0 radical (unpaired) electrons. The first-order valence-electron chi connectivity index (χ1n) is 7.68. The van der Waals surface area contributed by atoms with Crippen LogP contribution in [0.5, 0.6) is 0 Å². The molecule has 0 atom stereocenters. The van der Waals surface area contributed by atoms with E-state index >= 15 is 0 Å². The van der Waals surface area contributed by atoms with E-state index in [0.29, 0.717) is 5.39 Å². The Balaban J connectivity index is 1.97. The molecule has 0 aliphatic carbocycles. The van der Waals surface area contributed by atoms with Crippen molar-refractivity contribution in [2.24, 2.45) is 5.84 Å². The number of hydrogen-bond donors (Lipinski definition) is 3. The average molecular weight is 350 g/mol. The number of nitrogens with one attached hydrogen (secondary N) is 1. The molecule has 124 valence electrons. The number of fused-ring (bicyclic) bond motifs is 4. The minimum Gasteiger partial charge on any atom is -0.478 e. The van der Waals surface area contributed by atoms with Crippen molar-refractivity contribution in [1.82, 2.24) is 5.43 Å². The Kier molecular flexibility index (Phi) is 3.71. The molecule has 5 nitrogen and oxygen atoms in total. The second-order valence-electron chi connectivity index (χ2n) is 5.79. The molecule has 4 N–H and O–H groups in total. The molecule has 1 amide bonds. The van der Waals surface area contributed by atoms with E-state index in [1.54, 1.807) is 23.9 Å². The first-order valence-corrected chi connectivity index (χ1v) is 8.50. The Bertz CT molecular complexity index is 1050. The summed E-state index contributed by atoms with van der Waals surface area (Å²) in [5, 5.41) is 11.0. The molecule has 0 spiro atoms. The topological polar surface area (TPSA) is 92.4 Å². The number of aromatic carboxylic acids is 1. The largest absolute Gasteiger partial charge is 0.478 e. The predicted molar refractivity (Wildman–Crippen MR) is 95.9 cm³/mol. The Morgan fingerprint density at radius 2 is 1.76 bits per heavy atom. The molecular weight excluding hydrogens is 336 g/mol. The van der Waals surface area contributed by atoms with Crippen LogP contribution in [0, 0.1) is 0 Å². The van der Waals surface area contributed by atoms with Gasteiger partial charge in [0.15, 0.2) is 0 Å². The van der Waals surface area contributed by atoms with Crippen LogP contribution < -0.4 is 11.3 Å². The van der Waals surface area contributed by atoms with E-state index < -0.39 is 11.9 Å². The van der Waals surface area contributed by atoms with Crippen molar-refractivity contribution in [3.8, 4) is 0 Å². The van der Waals surface area contributed by atoms with Gasteiger partial charge in [-0.05, 0) is 40.1 Å². The van der Waals surface area contributed by atoms with Gasteiger partial charge in [-0.3, -0.25) is 10.2 Å². The molecule has 0 saturated carbocycles. The van der Waals surface area contributed by atoms with Crippen LogP contribution in [0.2, 0.25) is 0 Å². The number of nitrogens with two attached hydrogens (primary N) is 1. The number of carboxylic acid groups (broad SMARTS) is 1. The highest BCUT2D eigenvalue weighted by atomic mass is 32.2. The number of nitrogen functional groups attached to an aromatic ring is 1. The first kappa shape index (κ1) is 15.7. The zero-order valence-corrected chi connectivity index (χ0v) is 13.9. The summed E-state index contributed by atoms with van der Waals surface area (Å²) < 4.78 is 0. The smallest absolute Gasteiger partial charge is 0.337 e. The van der Waals surface area contributed by atoms with Gasteiger partial charge in [0, 0.05) is 16.2 Å². The van der Waals surface area contributed by atoms with Crippen LogP contribution in [-0.4, -0.2) is 17.0 Å². The van der Waals surface area contributed by atoms with Crippen molar-refractivity contribution in [3.63, 3.8) is 0 Å². The van der Waals surface area contributed by atoms with Crippen LogP contribution in [0.3, 0.4) is 0 Å². The monoisotopic (exact) mass is 350 g/mol. The number of benzene rings is 3. The van der Waals surface area contributed by atoms with Crippen LogP contribution in [0.1, 0.15) is 31.8 Å². The molecular formula is C19H14N2O3S. The molecule has 0 aromatic heterocycles. The van der Waals surface area contributed by atoms with E-state index in [-0.39, 0.29) is 11.1 Å². The fraction of sp³-hybridized carbons (Fsp3) is 0.0526. The normalized spacial score (nSPS) is 12.4. The lowest BCUT2D eigenvalue weighted by atomic mass is 9.92. The maximum Gasteiger partial charge on any atom is 0.337 e. The SMILES string of the molecule is NNC(=O)c1ccc2c3c(ccc2c1C(=O)O)Sc1ccccc1C3. The summed E-state index contributed by atoms with van der Waals surface area (Å²) in [6, 6.07) is 15.2. The summed E-state index contributed by atoms with van der Waals surface area (Å²) in [6.45, 7) is 0. The summed E-state index contributed by atoms with van der Waals surface area (Å²) in [5.74, 6) is 3.43. The molecule has 6 heteroatoms. The standard InChI is InChI=1S/C19H14N2O3S/c20-21-18(22)13-6-5-11-12(17(13)19(23)24)7-8-16-14(11)9-10-3-1-2-4-15(10)25-16/h1-8H,9,20H2,(H,21,22)(H,23,24). The molecule has 3 aromatic carbocycles. The summed E-state index contributed by atoms with van der Waals surface area (Å²) in [7, 11) is 0. The fourth-order valence-corrected chi connectivity index (χ4v) is 4.38. The van der Waals surface area contributed by atoms with Gasteiger partial charge in [-0.1, -0.05) is 42.1 Å². The van der Waals surface area contributed by atoms with Gasteiger partial charge in [-0.2, -0.15) is 0 Å². The van der Waals surface area contributed by atoms with Crippen LogP contribution in [0.4, 0.5) is 0 Å². The summed E-state index contributed by atoms with van der Waals surface area (Å²) in [5.41, 5.74) is 4.35. The zero-order valence-electron chi connectivity index (χ0n) is 13.1. The molecule has 1 aliphatic heterocycles. The van der Waals surface area contributed by atoms with Gasteiger partial charge in [0.25, 0.3) is 5.91 Å². The van der Waals surface area contributed by atoms with Gasteiger partial charge in [0.2, 0.25) is 0 Å². The van der Waals surface area contributed by atoms with E-state index in [0.717, 1.165) is 22.3 Å². The fourth-order valence-electron chi connectivity index (χ4n) is 3.28. The van der Waals surface area contributed by atoms with Crippen molar-refractivity contribution >= 4 is 34.4 Å². The second-order valence-corrected chi connectivity index (χ2v) is 6.87. The third-order valence-electron chi connectivity index (χ3n) is 4.42. The van der Waals surface area contributed by atoms with Crippen molar-refractivity contribution in [1.29, 1.82) is 0 Å². The number of amides is 1. The lowest BCUT2D eigenvalue weighted by Crippen LogP contribution is -2.31. The summed E-state index contributed by atoms with van der Waals surface area (Å²) >= 11 is 1.68. The number of carbonyl (C=O) groups is 2. The van der Waals surface area contributed by atoms with Crippen molar-refractivity contribution in [2.75, 3.05) is 0 Å². The Morgan fingerprint density at radius 3 is 2.52 bits per heavy atom. The van der Waals surface area contributed by atoms with Crippen LogP contribution in [-0.2, 0) is 6.42 Å². The van der Waals surface area contributed by atoms with Gasteiger partial charge in [0.1, 0.15) is 0 Å². The third-order valence-corrected chi connectivity index (χ3v) is 5.64. The maximum atomic E-state index is 11.9. The molecule has 25 heavy (non-hydrogen) atoms. The molecule has 1 aliphatic rings. The minimum atomic E-state index is -1.15. The highest BCUT2D eigenvalue weighted by molar-refractivity contribution is 7.99. The number of hydrogen-bond acceptors (Lipinski definition) is 4. The highest BCUT2D eigenvalue weighted by Gasteiger charge is 2.23. The van der Waals surface area contributed by atoms with E-state index in [9.17, 15) is 14.7 Å². The quantitative estimate of drug-likeness (QED) is 0.293. The molecule has 0 unspecified atom stereocenters. The van der Waals surface area contributed by atoms with Gasteiger partial charge >= 0.3 is 5.97 Å². The Labute approximate surface area is 147 Å². The molecule has 4 rings (SSSR count). The number of carboxylic acids is 1. The average Bonchev–Trinajstić information content (AvgIpc) is 2.64. The van der Waals surface area contributed by atoms with Gasteiger partial charge in [-0.25, -0.2) is 10.6 Å². The first-order chi connectivity index (χ1) is 12.1. The van der Waals surface area contributed by atoms with E-state index in [1.165, 1.54) is 16.5 Å². The molecule has 0 saturated heterocycles. The van der Waals surface area contributed by atoms with Crippen molar-refractivity contribution < 1.29 is 14.7 Å². The molecule has 1 heterocycles. The lowest BCUT2D eigenvalue weighted by Gasteiger charge is -2.21. The molecule has 0 bridgehead atoms. The van der Waals surface area contributed by atoms with Crippen molar-refractivity contribution in [2.45, 2.75) is 16.2 Å². The Hall–Kier alpha value is -2.83. The van der Waals surface area contributed by atoms with Gasteiger partial charge in [0.05, 0.1) is 11.1 Å². The van der Waals surface area contributed by atoms with Crippen LogP contribution >= 0.6 is 11.8 Å². The third kappa shape index (κ3) is 2.47. The van der Waals surface area contributed by atoms with Gasteiger partial charge < -0.3 is 5.11 Å². The van der Waals surface area contributed by atoms with Gasteiger partial charge in [-0.15, -0.1) is 0 Å². The zero-order chi connectivity index (χ0) is 17.6. The highest BCUT2D eigenvalue weighted by Crippen LogP contribution is 2.42. The number of hydrazine groups is 1. The number of carbonyl (C=O) groups excluding carboxylic acids is 1. The van der Waals surface area contributed by atoms with E-state index in [2.05, 4.69) is 12.1 Å².